The van der Waals surface area contributed by atoms with Crippen LogP contribution in [0.4, 0.5) is 5.00 Å². The molecule has 0 saturated carbocycles. The van der Waals surface area contributed by atoms with E-state index in [1.807, 2.05) is 26.2 Å². The van der Waals surface area contributed by atoms with Gasteiger partial charge in [0.15, 0.2) is 0 Å². The van der Waals surface area contributed by atoms with Crippen molar-refractivity contribution in [2.75, 3.05) is 17.8 Å². The third kappa shape index (κ3) is 4.71. The molecule has 0 aliphatic heterocycles. The Bertz CT molecular complexity index is 499. The number of rotatable bonds is 7. The van der Waals surface area contributed by atoms with Gasteiger partial charge in [-0.1, -0.05) is 20.8 Å². The van der Waals surface area contributed by atoms with Gasteiger partial charge in [0, 0.05) is 11.8 Å². The zero-order chi connectivity index (χ0) is 16.0. The Morgan fingerprint density at radius 3 is 2.57 bits per heavy atom. The van der Waals surface area contributed by atoms with Gasteiger partial charge in [-0.3, -0.25) is 4.79 Å². The van der Waals surface area contributed by atoms with Gasteiger partial charge in [-0.15, -0.1) is 22.9 Å². The average molecular weight is 332 g/mol. The van der Waals surface area contributed by atoms with Crippen LogP contribution in [-0.4, -0.2) is 24.4 Å². The Balaban J connectivity index is 3.02. The fraction of sp³-hybridized carbons (Fsp3) is 0.600. The highest BCUT2D eigenvalue weighted by atomic mass is 35.5. The van der Waals surface area contributed by atoms with Crippen molar-refractivity contribution in [2.45, 2.75) is 40.0 Å². The summed E-state index contributed by atoms with van der Waals surface area (Å²) in [7, 11) is 0. The number of hydrogen-bond acceptors (Lipinski definition) is 4. The van der Waals surface area contributed by atoms with Crippen LogP contribution in [0.2, 0.25) is 0 Å². The lowest BCUT2D eigenvalue weighted by Crippen LogP contribution is -2.22. The van der Waals surface area contributed by atoms with Crippen LogP contribution in [0.5, 0.6) is 0 Å². The largest absolute Gasteiger partial charge is 0.462 e. The summed E-state index contributed by atoms with van der Waals surface area (Å²) in [4.78, 5) is 24.2. The highest BCUT2D eigenvalue weighted by molar-refractivity contribution is 7.15. The minimum Gasteiger partial charge on any atom is -0.462 e. The van der Waals surface area contributed by atoms with E-state index in [1.165, 1.54) is 11.3 Å². The standard InChI is InChI=1S/C15H22ClNO3S/c1-5-20-15(19)12-11(9(2)3)8-21-14(12)17-13(18)10(4)6-7-16/h8-10H,5-7H2,1-4H3,(H,17,18). The van der Waals surface area contributed by atoms with Crippen LogP contribution >= 0.6 is 22.9 Å². The lowest BCUT2D eigenvalue weighted by Gasteiger charge is -2.12. The maximum absolute atomic E-state index is 12.1. The van der Waals surface area contributed by atoms with Gasteiger partial charge < -0.3 is 10.1 Å². The number of esters is 1. The smallest absolute Gasteiger partial charge is 0.341 e. The number of carbonyl (C=O) groups excluding carboxylic acids is 2. The van der Waals surface area contributed by atoms with Crippen molar-refractivity contribution >= 4 is 39.8 Å². The maximum atomic E-state index is 12.1. The number of carbonyl (C=O) groups is 2. The van der Waals surface area contributed by atoms with Crippen LogP contribution in [0, 0.1) is 5.92 Å². The molecule has 0 radical (unpaired) electrons. The topological polar surface area (TPSA) is 55.4 Å². The third-order valence-electron chi connectivity index (χ3n) is 3.15. The predicted octanol–water partition coefficient (Wildman–Crippen LogP) is 4.25. The van der Waals surface area contributed by atoms with Crippen molar-refractivity contribution in [1.29, 1.82) is 0 Å². The summed E-state index contributed by atoms with van der Waals surface area (Å²) in [5.74, 6) is -0.0871. The van der Waals surface area contributed by atoms with Crippen molar-refractivity contribution in [3.05, 3.63) is 16.5 Å². The monoisotopic (exact) mass is 331 g/mol. The van der Waals surface area contributed by atoms with Crippen LogP contribution in [0.15, 0.2) is 5.38 Å². The molecule has 0 saturated heterocycles. The quantitative estimate of drug-likeness (QED) is 0.600. The number of nitrogens with one attached hydrogen (secondary N) is 1. The Labute approximate surface area is 134 Å². The van der Waals surface area contributed by atoms with E-state index in [9.17, 15) is 9.59 Å². The van der Waals surface area contributed by atoms with E-state index in [0.29, 0.717) is 29.5 Å². The molecule has 0 aliphatic carbocycles. The van der Waals surface area contributed by atoms with E-state index >= 15 is 0 Å². The lowest BCUT2D eigenvalue weighted by molar-refractivity contribution is -0.119. The molecule has 0 bridgehead atoms. The number of ether oxygens (including phenoxy) is 1. The first-order chi connectivity index (χ1) is 9.92. The molecule has 1 atom stereocenters. The normalized spacial score (nSPS) is 12.3. The first-order valence-corrected chi connectivity index (χ1v) is 8.49. The summed E-state index contributed by atoms with van der Waals surface area (Å²) < 4.78 is 5.10. The van der Waals surface area contributed by atoms with Gasteiger partial charge in [0.05, 0.1) is 12.2 Å². The average Bonchev–Trinajstić information content (AvgIpc) is 2.83. The number of hydrogen-bond donors (Lipinski definition) is 1. The molecule has 0 aromatic carbocycles. The molecule has 0 spiro atoms. The van der Waals surface area contributed by atoms with E-state index in [-0.39, 0.29) is 23.7 Å². The summed E-state index contributed by atoms with van der Waals surface area (Å²) in [6, 6.07) is 0. The van der Waals surface area contributed by atoms with Crippen LogP contribution in [0.25, 0.3) is 0 Å². The summed E-state index contributed by atoms with van der Waals surface area (Å²) in [5, 5.41) is 5.29. The van der Waals surface area contributed by atoms with Crippen molar-refractivity contribution in [3.8, 4) is 0 Å². The Morgan fingerprint density at radius 1 is 1.38 bits per heavy atom. The number of halogens is 1. The van der Waals surface area contributed by atoms with E-state index in [1.54, 1.807) is 6.92 Å². The highest BCUT2D eigenvalue weighted by Crippen LogP contribution is 2.34. The van der Waals surface area contributed by atoms with Gasteiger partial charge in [-0.05, 0) is 30.2 Å². The fourth-order valence-electron chi connectivity index (χ4n) is 1.83. The van der Waals surface area contributed by atoms with Crippen molar-refractivity contribution < 1.29 is 14.3 Å². The van der Waals surface area contributed by atoms with E-state index in [0.717, 1.165) is 5.56 Å². The highest BCUT2D eigenvalue weighted by Gasteiger charge is 2.24. The first-order valence-electron chi connectivity index (χ1n) is 7.07. The molecule has 1 aromatic rings. The van der Waals surface area contributed by atoms with Gasteiger partial charge in [0.1, 0.15) is 5.00 Å². The molecule has 0 aliphatic rings. The maximum Gasteiger partial charge on any atom is 0.341 e. The first kappa shape index (κ1) is 18.0. The Hall–Kier alpha value is -1.07. The minimum atomic E-state index is -0.386. The molecule has 1 amide bonds. The third-order valence-corrected chi connectivity index (χ3v) is 4.28. The minimum absolute atomic E-state index is 0.127. The summed E-state index contributed by atoms with van der Waals surface area (Å²) in [6.07, 6.45) is 0.602. The molecule has 118 valence electrons. The van der Waals surface area contributed by atoms with E-state index in [2.05, 4.69) is 5.32 Å². The zero-order valence-corrected chi connectivity index (χ0v) is 14.4. The molecule has 4 nitrogen and oxygen atoms in total. The van der Waals surface area contributed by atoms with E-state index in [4.69, 9.17) is 16.3 Å². The molecule has 1 aromatic heterocycles. The second-order valence-corrected chi connectivity index (χ2v) is 6.40. The van der Waals surface area contributed by atoms with Crippen molar-refractivity contribution in [2.24, 2.45) is 5.92 Å². The predicted molar refractivity (Wildman–Crippen MR) is 87.5 cm³/mol. The number of thiophene rings is 1. The molecule has 1 rings (SSSR count). The summed E-state index contributed by atoms with van der Waals surface area (Å²) >= 11 is 7.02. The van der Waals surface area contributed by atoms with Gasteiger partial charge in [-0.25, -0.2) is 4.79 Å². The second-order valence-electron chi connectivity index (χ2n) is 5.14. The molecule has 1 unspecified atom stereocenters. The fourth-order valence-corrected chi connectivity index (χ4v) is 3.27. The van der Waals surface area contributed by atoms with Crippen LogP contribution < -0.4 is 5.32 Å². The number of alkyl halides is 1. The van der Waals surface area contributed by atoms with Crippen LogP contribution in [0.3, 0.4) is 0 Å². The molecule has 0 fully saturated rings. The molecule has 21 heavy (non-hydrogen) atoms. The van der Waals surface area contributed by atoms with Crippen LogP contribution in [0.1, 0.15) is 56.0 Å². The SMILES string of the molecule is CCOC(=O)c1c(C(C)C)csc1NC(=O)C(C)CCCl. The second kappa shape index (κ2) is 8.39. The van der Waals surface area contributed by atoms with Crippen molar-refractivity contribution in [3.63, 3.8) is 0 Å². The summed E-state index contributed by atoms with van der Waals surface area (Å²) in [5.41, 5.74) is 1.38. The molecular formula is C15H22ClNO3S. The molecule has 6 heteroatoms. The van der Waals surface area contributed by atoms with Crippen molar-refractivity contribution in [1.82, 2.24) is 0 Å². The number of amides is 1. The molecule has 1 N–H and O–H groups in total. The summed E-state index contributed by atoms with van der Waals surface area (Å²) in [6.45, 7) is 7.90. The van der Waals surface area contributed by atoms with Gasteiger partial charge in [0.25, 0.3) is 0 Å². The zero-order valence-electron chi connectivity index (χ0n) is 12.9. The molecular weight excluding hydrogens is 310 g/mol. The van der Waals surface area contributed by atoms with Gasteiger partial charge in [-0.2, -0.15) is 0 Å². The van der Waals surface area contributed by atoms with E-state index < -0.39 is 0 Å². The van der Waals surface area contributed by atoms with Gasteiger partial charge >= 0.3 is 5.97 Å². The van der Waals surface area contributed by atoms with Gasteiger partial charge in [0.2, 0.25) is 5.91 Å². The Kier molecular flexibility index (Phi) is 7.18. The van der Waals surface area contributed by atoms with Crippen LogP contribution in [-0.2, 0) is 9.53 Å². The Morgan fingerprint density at radius 2 is 2.05 bits per heavy atom. The number of anilines is 1. The molecule has 1 heterocycles. The lowest BCUT2D eigenvalue weighted by atomic mass is 10.0.